The van der Waals surface area contributed by atoms with Gasteiger partial charge in [-0.15, -0.1) is 0 Å². The third kappa shape index (κ3) is 6.67. The Morgan fingerprint density at radius 1 is 1.06 bits per heavy atom. The molecule has 172 valence electrons. The van der Waals surface area contributed by atoms with Crippen LogP contribution in [0.3, 0.4) is 0 Å². The Bertz CT molecular complexity index is 1130. The zero-order valence-corrected chi connectivity index (χ0v) is 19.7. The van der Waals surface area contributed by atoms with E-state index in [0.717, 1.165) is 0 Å². The largest absolute Gasteiger partial charge is 0.524 e. The number of phosphoric ester groups is 2. The van der Waals surface area contributed by atoms with Crippen molar-refractivity contribution in [2.45, 2.75) is 34.6 Å². The van der Waals surface area contributed by atoms with Gasteiger partial charge >= 0.3 is 15.6 Å². The third-order valence-electron chi connectivity index (χ3n) is 3.99. The van der Waals surface area contributed by atoms with Crippen LogP contribution in [0, 0.1) is 5.41 Å². The normalized spacial score (nSPS) is 13.3. The summed E-state index contributed by atoms with van der Waals surface area (Å²) in [6, 6.07) is 4.88. The molecule has 0 spiro atoms. The molecule has 0 aliphatic heterocycles. The summed E-state index contributed by atoms with van der Waals surface area (Å²) >= 11 is 0. The number of methoxy groups -OCH3 is 1. The van der Waals surface area contributed by atoms with E-state index in [-0.39, 0.29) is 17.2 Å². The molecule has 4 N–H and O–H groups in total. The third-order valence-corrected chi connectivity index (χ3v) is 4.84. The van der Waals surface area contributed by atoms with Gasteiger partial charge in [0.15, 0.2) is 5.76 Å². The molecule has 0 amide bonds. The van der Waals surface area contributed by atoms with Crippen molar-refractivity contribution in [1.29, 1.82) is 0 Å². The smallest absolute Gasteiger partial charge is 0.497 e. The Labute approximate surface area is 179 Å². The Hall–Kier alpha value is -2.13. The molecule has 1 heterocycles. The van der Waals surface area contributed by atoms with Crippen LogP contribution in [0.15, 0.2) is 29.5 Å². The number of benzene rings is 1. The molecule has 0 atom stereocenters. The minimum Gasteiger partial charge on any atom is -0.497 e. The predicted molar refractivity (Wildman–Crippen MR) is 115 cm³/mol. The maximum absolute atomic E-state index is 11.5. The van der Waals surface area contributed by atoms with Gasteiger partial charge in [-0.25, -0.2) is 13.8 Å². The minimum atomic E-state index is -4.88. The van der Waals surface area contributed by atoms with Crippen LogP contribution in [0.2, 0.25) is 0 Å². The first kappa shape index (κ1) is 25.1. The van der Waals surface area contributed by atoms with Crippen molar-refractivity contribution >= 4 is 38.5 Å². The summed E-state index contributed by atoms with van der Waals surface area (Å²) in [5.74, 6) is 0.287. The Kier molecular flexibility index (Phi) is 7.12. The van der Waals surface area contributed by atoms with Crippen LogP contribution < -0.4 is 4.74 Å². The SMILES string of the molecule is COc1ccc2c(C(OP(=O)(O)O)=C(C)C)nn(/C=C(/OP(=O)(O)O)C(C)(C)C)c2c1. The number of hydrogen-bond donors (Lipinski definition) is 4. The Morgan fingerprint density at radius 2 is 1.65 bits per heavy atom. The van der Waals surface area contributed by atoms with E-state index in [9.17, 15) is 28.7 Å². The van der Waals surface area contributed by atoms with E-state index >= 15 is 0 Å². The maximum atomic E-state index is 11.5. The zero-order valence-electron chi connectivity index (χ0n) is 17.9. The number of phosphoric acid groups is 2. The average Bonchev–Trinajstić information content (AvgIpc) is 2.93. The zero-order chi connectivity index (χ0) is 23.8. The summed E-state index contributed by atoms with van der Waals surface area (Å²) in [7, 11) is -8.27. The highest BCUT2D eigenvalue weighted by Gasteiger charge is 2.29. The van der Waals surface area contributed by atoms with Crippen molar-refractivity contribution in [2.24, 2.45) is 5.41 Å². The summed E-state index contributed by atoms with van der Waals surface area (Å²) < 4.78 is 39.2. The van der Waals surface area contributed by atoms with E-state index in [0.29, 0.717) is 22.2 Å². The molecule has 1 aromatic carbocycles. The number of rotatable bonds is 7. The number of nitrogens with zero attached hydrogens (tertiary/aromatic N) is 2. The maximum Gasteiger partial charge on any atom is 0.524 e. The average molecular weight is 476 g/mol. The van der Waals surface area contributed by atoms with Crippen molar-refractivity contribution in [3.05, 3.63) is 35.2 Å². The molecule has 31 heavy (non-hydrogen) atoms. The molecule has 2 rings (SSSR count). The molecule has 0 aliphatic carbocycles. The van der Waals surface area contributed by atoms with Crippen molar-refractivity contribution in [3.8, 4) is 5.75 Å². The predicted octanol–water partition coefficient (Wildman–Crippen LogP) is 3.86. The lowest BCUT2D eigenvalue weighted by Gasteiger charge is -2.23. The highest BCUT2D eigenvalue weighted by molar-refractivity contribution is 7.46. The van der Waals surface area contributed by atoms with Crippen LogP contribution in [0.4, 0.5) is 0 Å². The van der Waals surface area contributed by atoms with Gasteiger partial charge in [0.1, 0.15) is 17.2 Å². The van der Waals surface area contributed by atoms with Gasteiger partial charge in [-0.3, -0.25) is 19.6 Å². The monoisotopic (exact) mass is 476 g/mol. The summed E-state index contributed by atoms with van der Waals surface area (Å²) in [5.41, 5.74) is 0.206. The fraction of sp³-hybridized carbons (Fsp3) is 0.389. The number of fused-ring (bicyclic) bond motifs is 1. The topological polar surface area (TPSA) is 161 Å². The van der Waals surface area contributed by atoms with Crippen LogP contribution >= 0.6 is 15.6 Å². The van der Waals surface area contributed by atoms with E-state index in [1.54, 1.807) is 52.8 Å². The molecule has 0 bridgehead atoms. The van der Waals surface area contributed by atoms with Crippen molar-refractivity contribution in [3.63, 3.8) is 0 Å². The fourth-order valence-electron chi connectivity index (χ4n) is 2.59. The van der Waals surface area contributed by atoms with Gasteiger partial charge in [-0.05, 0) is 31.6 Å². The summed E-state index contributed by atoms with van der Waals surface area (Å²) in [6.07, 6.45) is 1.30. The first-order chi connectivity index (χ1) is 14.0. The Morgan fingerprint density at radius 3 is 2.10 bits per heavy atom. The van der Waals surface area contributed by atoms with Gasteiger partial charge in [0, 0.05) is 16.9 Å². The first-order valence-corrected chi connectivity index (χ1v) is 12.0. The molecule has 0 radical (unpaired) electrons. The van der Waals surface area contributed by atoms with Gasteiger partial charge < -0.3 is 13.8 Å². The van der Waals surface area contributed by atoms with Gasteiger partial charge in [0.05, 0.1) is 18.8 Å². The van der Waals surface area contributed by atoms with Crippen molar-refractivity contribution < 1.29 is 42.5 Å². The lowest BCUT2D eigenvalue weighted by molar-refractivity contribution is 0.203. The van der Waals surface area contributed by atoms with Crippen LogP contribution in [-0.4, -0.2) is 36.5 Å². The summed E-state index contributed by atoms with van der Waals surface area (Å²) in [5, 5.41) is 4.84. The fourth-order valence-corrected chi connectivity index (χ4v) is 3.68. The summed E-state index contributed by atoms with van der Waals surface area (Å²) in [6.45, 7) is 8.29. The highest BCUT2D eigenvalue weighted by Crippen LogP contribution is 2.46. The van der Waals surface area contributed by atoms with E-state index in [1.165, 1.54) is 18.0 Å². The molecule has 2 aromatic rings. The quantitative estimate of drug-likeness (QED) is 0.341. The lowest BCUT2D eigenvalue weighted by Crippen LogP contribution is -2.13. The second-order valence-electron chi connectivity index (χ2n) is 7.91. The molecular weight excluding hydrogens is 450 g/mol. The number of aromatic nitrogens is 2. The summed E-state index contributed by atoms with van der Waals surface area (Å²) in [4.78, 5) is 37.2. The second-order valence-corrected chi connectivity index (χ2v) is 10.2. The standard InChI is InChI=1S/C18H26N2O9P2/c1-11(2)17(29-31(24,25)26)16-13-8-7-12(27-6)9-14(13)20(19-16)10-15(18(3,4)5)28-30(21,22)23/h7-10H,1-6H3,(H2,21,22,23)(H2,24,25,26)/b15-10+. The molecular formula is C18H26N2O9P2. The molecule has 0 saturated carbocycles. The molecule has 0 unspecified atom stereocenters. The van der Waals surface area contributed by atoms with Crippen molar-refractivity contribution in [1.82, 2.24) is 9.78 Å². The van der Waals surface area contributed by atoms with Gasteiger partial charge in [0.2, 0.25) is 0 Å². The van der Waals surface area contributed by atoms with Crippen molar-refractivity contribution in [2.75, 3.05) is 7.11 Å². The number of allylic oxidation sites excluding steroid dienone is 2. The molecule has 11 nitrogen and oxygen atoms in total. The molecule has 0 aliphatic rings. The minimum absolute atomic E-state index is 0.0609. The molecule has 13 heteroatoms. The number of ether oxygens (including phenoxy) is 1. The molecule has 1 aromatic heterocycles. The van der Waals surface area contributed by atoms with Gasteiger partial charge in [-0.2, -0.15) is 5.10 Å². The first-order valence-electron chi connectivity index (χ1n) is 8.98. The highest BCUT2D eigenvalue weighted by atomic mass is 31.2. The molecule has 0 saturated heterocycles. The number of hydrogen-bond acceptors (Lipinski definition) is 6. The lowest BCUT2D eigenvalue weighted by atomic mass is 9.94. The second kappa shape index (κ2) is 8.78. The Balaban J connectivity index is 2.84. The van der Waals surface area contributed by atoms with E-state index in [1.807, 2.05) is 0 Å². The van der Waals surface area contributed by atoms with Crippen LogP contribution in [-0.2, 0) is 18.2 Å². The van der Waals surface area contributed by atoms with Crippen LogP contribution in [0.5, 0.6) is 5.75 Å². The molecule has 0 fully saturated rings. The van der Waals surface area contributed by atoms with Crippen LogP contribution in [0.25, 0.3) is 22.9 Å². The van der Waals surface area contributed by atoms with E-state index in [2.05, 4.69) is 5.10 Å². The van der Waals surface area contributed by atoms with Crippen LogP contribution in [0.1, 0.15) is 40.3 Å². The van der Waals surface area contributed by atoms with Gasteiger partial charge in [0.25, 0.3) is 0 Å². The van der Waals surface area contributed by atoms with E-state index in [4.69, 9.17) is 13.8 Å². The van der Waals surface area contributed by atoms with E-state index < -0.39 is 21.1 Å². The van der Waals surface area contributed by atoms with Gasteiger partial charge in [-0.1, -0.05) is 20.8 Å².